The maximum Gasteiger partial charge on any atom is 0.113 e. The molecule has 0 bridgehead atoms. The van der Waals surface area contributed by atoms with E-state index in [1.807, 2.05) is 22.9 Å². The number of hydrogen-bond donors (Lipinski definition) is 1. The van der Waals surface area contributed by atoms with E-state index in [0.717, 1.165) is 17.6 Å². The second-order valence-corrected chi connectivity index (χ2v) is 5.77. The first kappa shape index (κ1) is 16.0. The van der Waals surface area contributed by atoms with Crippen LogP contribution in [0, 0.1) is 0 Å². The lowest BCUT2D eigenvalue weighted by molar-refractivity contribution is 0.395. The zero-order valence-electron chi connectivity index (χ0n) is 13.4. The van der Waals surface area contributed by atoms with Crippen LogP contribution >= 0.6 is 0 Å². The Morgan fingerprint density at radius 1 is 1.05 bits per heavy atom. The van der Waals surface area contributed by atoms with Gasteiger partial charge in [0, 0.05) is 0 Å². The van der Waals surface area contributed by atoms with E-state index in [2.05, 4.69) is 35.5 Å². The molecule has 1 aromatic carbocycles. The van der Waals surface area contributed by atoms with Crippen molar-refractivity contribution in [2.75, 3.05) is 6.54 Å². The van der Waals surface area contributed by atoms with Crippen LogP contribution in [0.4, 0.5) is 0 Å². The largest absolute Gasteiger partial charge is 0.296 e. The zero-order valence-corrected chi connectivity index (χ0v) is 13.4. The summed E-state index contributed by atoms with van der Waals surface area (Å²) in [6.07, 6.45) is 9.60. The highest BCUT2D eigenvalue weighted by Gasteiger charge is 2.09. The van der Waals surface area contributed by atoms with E-state index in [4.69, 9.17) is 0 Å². The van der Waals surface area contributed by atoms with E-state index in [0.29, 0.717) is 0 Å². The second-order valence-electron chi connectivity index (χ2n) is 5.77. The van der Waals surface area contributed by atoms with Crippen molar-refractivity contribution in [1.29, 1.82) is 0 Å². The minimum Gasteiger partial charge on any atom is -0.296 e. The minimum atomic E-state index is 0.192. The van der Waals surface area contributed by atoms with E-state index < -0.39 is 0 Å². The van der Waals surface area contributed by atoms with Crippen LogP contribution in [0.2, 0.25) is 0 Å². The Hall–Kier alpha value is -1.42. The molecule has 4 heteroatoms. The highest BCUT2D eigenvalue weighted by molar-refractivity contribution is 5.73. The van der Waals surface area contributed by atoms with Crippen LogP contribution in [-0.2, 0) is 0 Å². The molecule has 1 N–H and O–H groups in total. The van der Waals surface area contributed by atoms with Crippen LogP contribution in [-0.4, -0.2) is 21.5 Å². The van der Waals surface area contributed by atoms with E-state index in [1.54, 1.807) is 0 Å². The highest BCUT2D eigenvalue weighted by Crippen LogP contribution is 2.13. The van der Waals surface area contributed by atoms with Crippen molar-refractivity contribution < 1.29 is 0 Å². The van der Waals surface area contributed by atoms with Crippen LogP contribution in [0.3, 0.4) is 0 Å². The van der Waals surface area contributed by atoms with Crippen LogP contribution in [0.1, 0.15) is 65.0 Å². The fourth-order valence-electron chi connectivity index (χ4n) is 2.65. The van der Waals surface area contributed by atoms with Crippen molar-refractivity contribution in [3.8, 4) is 0 Å². The van der Waals surface area contributed by atoms with Gasteiger partial charge in [0.1, 0.15) is 11.7 Å². The number of hydrogen-bond acceptors (Lipinski definition) is 3. The van der Waals surface area contributed by atoms with Crippen molar-refractivity contribution in [2.24, 2.45) is 0 Å². The summed E-state index contributed by atoms with van der Waals surface area (Å²) in [5.41, 5.74) is 2.05. The molecular formula is C17H28N4. The fourth-order valence-corrected chi connectivity index (χ4v) is 2.65. The number of fused-ring (bicyclic) bond motifs is 1. The Kier molecular flexibility index (Phi) is 6.67. The lowest BCUT2D eigenvalue weighted by atomic mass is 10.1. The molecule has 1 unspecified atom stereocenters. The summed E-state index contributed by atoms with van der Waals surface area (Å²) in [5, 5.41) is 12.0. The molecule has 21 heavy (non-hydrogen) atoms. The monoisotopic (exact) mass is 288 g/mol. The summed E-state index contributed by atoms with van der Waals surface area (Å²) in [6, 6.07) is 8.10. The predicted octanol–water partition coefficient (Wildman–Crippen LogP) is 4.29. The second kappa shape index (κ2) is 8.78. The Bertz CT molecular complexity index is 520. The molecule has 0 aliphatic carbocycles. The van der Waals surface area contributed by atoms with E-state index in [-0.39, 0.29) is 6.17 Å². The zero-order chi connectivity index (χ0) is 14.9. The normalized spacial score (nSPS) is 12.9. The van der Waals surface area contributed by atoms with Crippen LogP contribution in [0.5, 0.6) is 0 Å². The van der Waals surface area contributed by atoms with Crippen molar-refractivity contribution in [3.05, 3.63) is 24.3 Å². The van der Waals surface area contributed by atoms with Gasteiger partial charge in [-0.05, 0) is 32.0 Å². The summed E-state index contributed by atoms with van der Waals surface area (Å²) in [5.74, 6) is 0. The van der Waals surface area contributed by atoms with Gasteiger partial charge in [-0.15, -0.1) is 5.10 Å². The van der Waals surface area contributed by atoms with Gasteiger partial charge in [0.15, 0.2) is 0 Å². The van der Waals surface area contributed by atoms with Gasteiger partial charge in [-0.2, -0.15) is 0 Å². The summed E-state index contributed by atoms with van der Waals surface area (Å²) in [7, 11) is 0. The van der Waals surface area contributed by atoms with E-state index in [1.165, 1.54) is 44.9 Å². The van der Waals surface area contributed by atoms with Gasteiger partial charge in [-0.25, -0.2) is 4.68 Å². The maximum atomic E-state index is 4.25. The number of unbranched alkanes of at least 4 members (excludes halogenated alkanes) is 6. The molecule has 4 nitrogen and oxygen atoms in total. The molecule has 0 fully saturated rings. The topological polar surface area (TPSA) is 42.7 Å². The smallest absolute Gasteiger partial charge is 0.113 e. The quantitative estimate of drug-likeness (QED) is 0.663. The van der Waals surface area contributed by atoms with Crippen molar-refractivity contribution in [2.45, 2.75) is 65.0 Å². The third-order valence-electron chi connectivity index (χ3n) is 3.96. The maximum absolute atomic E-state index is 4.25. The van der Waals surface area contributed by atoms with Gasteiger partial charge < -0.3 is 0 Å². The van der Waals surface area contributed by atoms with Gasteiger partial charge in [-0.3, -0.25) is 5.32 Å². The van der Waals surface area contributed by atoms with Gasteiger partial charge >= 0.3 is 0 Å². The number of rotatable bonds is 10. The van der Waals surface area contributed by atoms with E-state index >= 15 is 0 Å². The molecule has 0 spiro atoms. The number of nitrogens with zero attached hydrogens (tertiary/aromatic N) is 3. The molecule has 2 aromatic rings. The molecule has 0 aliphatic heterocycles. The lowest BCUT2D eigenvalue weighted by Gasteiger charge is -2.14. The Morgan fingerprint density at radius 3 is 2.57 bits per heavy atom. The van der Waals surface area contributed by atoms with Crippen LogP contribution in [0.25, 0.3) is 11.0 Å². The van der Waals surface area contributed by atoms with Crippen LogP contribution in [0.15, 0.2) is 24.3 Å². The summed E-state index contributed by atoms with van der Waals surface area (Å²) in [6.45, 7) is 5.45. The Balaban J connectivity index is 1.67. The molecule has 0 radical (unpaired) electrons. The number of para-hydroxylation sites is 1. The highest BCUT2D eigenvalue weighted by atomic mass is 15.5. The first-order valence-corrected chi connectivity index (χ1v) is 8.36. The standard InChI is InChI=1S/C17H28N4/c1-3-4-5-6-7-8-11-14-18-15(2)21-17-13-10-9-12-16(17)19-20-21/h9-10,12-13,15,18H,3-8,11,14H2,1-2H3. The molecule has 0 saturated heterocycles. The molecule has 0 saturated carbocycles. The molecule has 1 aromatic heterocycles. The summed E-state index contributed by atoms with van der Waals surface area (Å²) < 4.78 is 1.97. The molecule has 0 aliphatic rings. The number of benzene rings is 1. The average molecular weight is 288 g/mol. The predicted molar refractivity (Wildman–Crippen MR) is 88.2 cm³/mol. The van der Waals surface area contributed by atoms with Crippen molar-refractivity contribution in [3.63, 3.8) is 0 Å². The van der Waals surface area contributed by atoms with Gasteiger partial charge in [0.25, 0.3) is 0 Å². The summed E-state index contributed by atoms with van der Waals surface area (Å²) in [4.78, 5) is 0. The van der Waals surface area contributed by atoms with Gasteiger partial charge in [0.2, 0.25) is 0 Å². The first-order chi connectivity index (χ1) is 10.3. The Labute approximate surface area is 127 Å². The lowest BCUT2D eigenvalue weighted by Crippen LogP contribution is -2.25. The van der Waals surface area contributed by atoms with Gasteiger partial charge in [-0.1, -0.05) is 62.8 Å². The van der Waals surface area contributed by atoms with Crippen LogP contribution < -0.4 is 5.32 Å². The number of nitrogens with one attached hydrogen (secondary N) is 1. The molecular weight excluding hydrogens is 260 g/mol. The molecule has 1 heterocycles. The minimum absolute atomic E-state index is 0.192. The van der Waals surface area contributed by atoms with Crippen molar-refractivity contribution >= 4 is 11.0 Å². The van der Waals surface area contributed by atoms with Crippen molar-refractivity contribution in [1.82, 2.24) is 20.3 Å². The van der Waals surface area contributed by atoms with Gasteiger partial charge in [0.05, 0.1) is 5.52 Å². The third kappa shape index (κ3) is 4.81. The SMILES string of the molecule is CCCCCCCCCNC(C)n1nnc2ccccc21. The third-order valence-corrected chi connectivity index (χ3v) is 3.96. The average Bonchev–Trinajstić information content (AvgIpc) is 2.94. The molecule has 2 rings (SSSR count). The summed E-state index contributed by atoms with van der Waals surface area (Å²) >= 11 is 0. The molecule has 116 valence electrons. The fraction of sp³-hybridized carbons (Fsp3) is 0.647. The number of aromatic nitrogens is 3. The molecule has 0 amide bonds. The first-order valence-electron chi connectivity index (χ1n) is 8.36. The Morgan fingerprint density at radius 2 is 1.76 bits per heavy atom. The molecule has 1 atom stereocenters. The van der Waals surface area contributed by atoms with E-state index in [9.17, 15) is 0 Å².